The Balaban J connectivity index is 2.36. The number of amides is 2. The van der Waals surface area contributed by atoms with E-state index < -0.39 is 23.2 Å². The largest absolute Gasteiger partial charge is 0.493 e. The van der Waals surface area contributed by atoms with E-state index in [4.69, 9.17) is 18.9 Å². The van der Waals surface area contributed by atoms with Gasteiger partial charge in [-0.15, -0.1) is 0 Å². The molecule has 1 saturated heterocycles. The topological polar surface area (TPSA) is 91.4 Å². The van der Waals surface area contributed by atoms with E-state index in [1.165, 1.54) is 34.3 Å². The highest BCUT2D eigenvalue weighted by molar-refractivity contribution is 8.18. The number of methoxy groups -OCH3 is 3. The lowest BCUT2D eigenvalue weighted by atomic mass is 10.1. The van der Waals surface area contributed by atoms with Gasteiger partial charge in [0, 0.05) is 0 Å². The minimum atomic E-state index is -0.997. The van der Waals surface area contributed by atoms with Crippen LogP contribution in [-0.4, -0.2) is 56.0 Å². The van der Waals surface area contributed by atoms with Gasteiger partial charge in [-0.1, -0.05) is 0 Å². The standard InChI is InChI=1S/C18H21NO7S/c1-6-26-17(21)10(2)19-16(20)14(27-18(19)22)9-11-7-12(23-3)15(25-5)13(8-11)24-4/h7-10H,6H2,1-5H3/b14-9+/t10-/m1/s1. The zero-order valence-electron chi connectivity index (χ0n) is 15.7. The summed E-state index contributed by atoms with van der Waals surface area (Å²) in [5.41, 5.74) is 0.582. The van der Waals surface area contributed by atoms with Crippen molar-refractivity contribution in [3.8, 4) is 17.2 Å². The minimum absolute atomic E-state index is 0.167. The van der Waals surface area contributed by atoms with Crippen LogP contribution in [0.3, 0.4) is 0 Å². The molecule has 0 aliphatic carbocycles. The van der Waals surface area contributed by atoms with Gasteiger partial charge in [-0.3, -0.25) is 14.5 Å². The maximum absolute atomic E-state index is 12.6. The van der Waals surface area contributed by atoms with Crippen molar-refractivity contribution in [3.05, 3.63) is 22.6 Å². The van der Waals surface area contributed by atoms with Crippen molar-refractivity contribution < 1.29 is 33.3 Å². The number of hydrogen-bond acceptors (Lipinski definition) is 8. The molecule has 1 aliphatic heterocycles. The number of hydrogen-bond donors (Lipinski definition) is 0. The maximum Gasteiger partial charge on any atom is 0.329 e. The van der Waals surface area contributed by atoms with Crippen LogP contribution in [0.2, 0.25) is 0 Å². The van der Waals surface area contributed by atoms with E-state index in [1.54, 1.807) is 19.1 Å². The summed E-state index contributed by atoms with van der Waals surface area (Å²) in [5, 5.41) is -0.528. The van der Waals surface area contributed by atoms with Crippen molar-refractivity contribution in [3.63, 3.8) is 0 Å². The molecule has 0 unspecified atom stereocenters. The Hall–Kier alpha value is -2.68. The van der Waals surface area contributed by atoms with Crippen molar-refractivity contribution in [2.75, 3.05) is 27.9 Å². The van der Waals surface area contributed by atoms with Gasteiger partial charge in [-0.25, -0.2) is 4.79 Å². The third kappa shape index (κ3) is 4.19. The van der Waals surface area contributed by atoms with E-state index in [0.717, 1.165) is 16.7 Å². The van der Waals surface area contributed by atoms with Crippen LogP contribution in [0.15, 0.2) is 17.0 Å². The summed E-state index contributed by atoms with van der Waals surface area (Å²) >= 11 is 0.755. The second kappa shape index (κ2) is 8.81. The molecule has 1 aromatic carbocycles. The molecule has 0 aromatic heterocycles. The molecule has 0 bridgehead atoms. The Labute approximate surface area is 161 Å². The Morgan fingerprint density at radius 3 is 2.22 bits per heavy atom. The van der Waals surface area contributed by atoms with Crippen molar-refractivity contribution in [1.82, 2.24) is 4.90 Å². The molecule has 2 rings (SSSR count). The summed E-state index contributed by atoms with van der Waals surface area (Å²) in [7, 11) is 4.45. The first kappa shape index (κ1) is 20.6. The van der Waals surface area contributed by atoms with Crippen LogP contribution < -0.4 is 14.2 Å². The maximum atomic E-state index is 12.6. The van der Waals surface area contributed by atoms with E-state index in [9.17, 15) is 14.4 Å². The number of carbonyl (C=O) groups excluding carboxylic acids is 3. The van der Waals surface area contributed by atoms with Crippen LogP contribution in [0.4, 0.5) is 4.79 Å². The third-order valence-electron chi connectivity index (χ3n) is 3.82. The number of rotatable bonds is 7. The number of carbonyl (C=O) groups is 3. The molecule has 1 fully saturated rings. The van der Waals surface area contributed by atoms with Crippen LogP contribution in [0, 0.1) is 0 Å². The summed E-state index contributed by atoms with van der Waals surface area (Å²) in [6, 6.07) is 2.32. The molecule has 0 spiro atoms. The van der Waals surface area contributed by atoms with Crippen LogP contribution in [0.25, 0.3) is 6.08 Å². The molecular formula is C18H21NO7S. The summed E-state index contributed by atoms with van der Waals surface area (Å²) in [5.74, 6) is 0.0683. The summed E-state index contributed by atoms with van der Waals surface area (Å²) in [6.45, 7) is 3.28. The average molecular weight is 395 g/mol. The number of thioether (sulfide) groups is 1. The van der Waals surface area contributed by atoms with Crippen molar-refractivity contribution in [2.45, 2.75) is 19.9 Å². The first-order valence-corrected chi connectivity index (χ1v) is 8.93. The van der Waals surface area contributed by atoms with Gasteiger partial charge in [0.2, 0.25) is 5.75 Å². The van der Waals surface area contributed by atoms with Gasteiger partial charge in [0.25, 0.3) is 11.1 Å². The molecule has 9 heteroatoms. The smallest absolute Gasteiger partial charge is 0.329 e. The SMILES string of the molecule is CCOC(=O)[C@@H](C)N1C(=O)S/C(=C/c2cc(OC)c(OC)c(OC)c2)C1=O. The van der Waals surface area contributed by atoms with Gasteiger partial charge in [-0.05, 0) is 49.4 Å². The number of ether oxygens (including phenoxy) is 4. The molecule has 0 saturated carbocycles. The fourth-order valence-corrected chi connectivity index (χ4v) is 3.43. The first-order chi connectivity index (χ1) is 12.9. The lowest BCUT2D eigenvalue weighted by Crippen LogP contribution is -2.42. The molecular weight excluding hydrogens is 374 g/mol. The molecule has 2 amide bonds. The van der Waals surface area contributed by atoms with Crippen LogP contribution >= 0.6 is 11.8 Å². The van der Waals surface area contributed by atoms with E-state index in [1.807, 2.05) is 0 Å². The predicted octanol–water partition coefficient (Wildman–Crippen LogP) is 2.70. The Bertz CT molecular complexity index is 765. The Morgan fingerprint density at radius 2 is 1.74 bits per heavy atom. The van der Waals surface area contributed by atoms with Crippen LogP contribution in [0.1, 0.15) is 19.4 Å². The van der Waals surface area contributed by atoms with Gasteiger partial charge < -0.3 is 18.9 Å². The summed E-state index contributed by atoms with van der Waals surface area (Å²) < 4.78 is 20.7. The second-order valence-electron chi connectivity index (χ2n) is 5.44. The normalized spacial score (nSPS) is 16.5. The first-order valence-electron chi connectivity index (χ1n) is 8.11. The minimum Gasteiger partial charge on any atom is -0.493 e. The second-order valence-corrected chi connectivity index (χ2v) is 6.43. The monoisotopic (exact) mass is 395 g/mol. The van der Waals surface area contributed by atoms with Gasteiger partial charge in [0.1, 0.15) is 6.04 Å². The molecule has 8 nitrogen and oxygen atoms in total. The van der Waals surface area contributed by atoms with Gasteiger partial charge >= 0.3 is 5.97 Å². The van der Waals surface area contributed by atoms with Gasteiger partial charge in [0.15, 0.2) is 11.5 Å². The predicted molar refractivity (Wildman–Crippen MR) is 100 cm³/mol. The van der Waals surface area contributed by atoms with E-state index in [2.05, 4.69) is 0 Å². The van der Waals surface area contributed by atoms with Gasteiger partial charge in [-0.2, -0.15) is 0 Å². The highest BCUT2D eigenvalue weighted by Gasteiger charge is 2.41. The Kier molecular flexibility index (Phi) is 6.73. The molecule has 1 aromatic rings. The molecule has 0 radical (unpaired) electrons. The number of imide groups is 1. The highest BCUT2D eigenvalue weighted by Crippen LogP contribution is 2.40. The van der Waals surface area contributed by atoms with Crippen molar-refractivity contribution >= 4 is 35.0 Å². The lowest BCUT2D eigenvalue weighted by molar-refractivity contribution is -0.150. The average Bonchev–Trinajstić information content (AvgIpc) is 2.93. The highest BCUT2D eigenvalue weighted by atomic mass is 32.2. The quantitative estimate of drug-likeness (QED) is 0.514. The fraction of sp³-hybridized carbons (Fsp3) is 0.389. The van der Waals surface area contributed by atoms with Gasteiger partial charge in [0.05, 0.1) is 32.8 Å². The summed E-state index contributed by atoms with van der Waals surface area (Å²) in [4.78, 5) is 37.8. The Morgan fingerprint density at radius 1 is 1.15 bits per heavy atom. The van der Waals surface area contributed by atoms with E-state index in [-0.39, 0.29) is 11.5 Å². The molecule has 146 valence electrons. The lowest BCUT2D eigenvalue weighted by Gasteiger charge is -2.19. The third-order valence-corrected chi connectivity index (χ3v) is 4.71. The van der Waals surface area contributed by atoms with E-state index >= 15 is 0 Å². The van der Waals surface area contributed by atoms with Crippen LogP contribution in [-0.2, 0) is 14.3 Å². The molecule has 1 aliphatic rings. The number of esters is 1. The molecule has 1 heterocycles. The van der Waals surface area contributed by atoms with Crippen molar-refractivity contribution in [1.29, 1.82) is 0 Å². The zero-order chi connectivity index (χ0) is 20.1. The number of nitrogens with zero attached hydrogens (tertiary/aromatic N) is 1. The van der Waals surface area contributed by atoms with E-state index in [0.29, 0.717) is 22.8 Å². The molecule has 0 N–H and O–H groups in total. The van der Waals surface area contributed by atoms with Crippen LogP contribution in [0.5, 0.6) is 17.2 Å². The molecule has 1 atom stereocenters. The van der Waals surface area contributed by atoms with Crippen molar-refractivity contribution in [2.24, 2.45) is 0 Å². The fourth-order valence-electron chi connectivity index (χ4n) is 2.52. The molecule has 27 heavy (non-hydrogen) atoms. The number of benzene rings is 1. The zero-order valence-corrected chi connectivity index (χ0v) is 16.5. The summed E-state index contributed by atoms with van der Waals surface area (Å²) in [6.07, 6.45) is 1.53.